The van der Waals surface area contributed by atoms with Gasteiger partial charge in [-0.05, 0) is 24.0 Å². The Kier molecular flexibility index (Phi) is 10.8. The SMILES string of the molecule is CCCCCCCCCCC(CBr)c1ccccc1Br. The molecular weight excluding hydrogens is 376 g/mol. The fraction of sp³-hybridized carbons (Fsp3) is 0.667. The highest BCUT2D eigenvalue weighted by molar-refractivity contribution is 9.10. The average molecular weight is 404 g/mol. The third-order valence-corrected chi connectivity index (χ3v) is 5.44. The van der Waals surface area contributed by atoms with Gasteiger partial charge < -0.3 is 0 Å². The van der Waals surface area contributed by atoms with Crippen molar-refractivity contribution in [1.29, 1.82) is 0 Å². The minimum absolute atomic E-state index is 0.644. The average Bonchev–Trinajstić information content (AvgIpc) is 2.47. The number of rotatable bonds is 11. The maximum Gasteiger partial charge on any atom is 0.0210 e. The highest BCUT2D eigenvalue weighted by Crippen LogP contribution is 2.30. The number of hydrogen-bond donors (Lipinski definition) is 0. The lowest BCUT2D eigenvalue weighted by Crippen LogP contribution is -2.01. The standard InChI is InChI=1S/C18H28Br2/c1-2-3-4-5-6-7-8-9-12-16(15-19)17-13-10-11-14-18(17)20/h10-11,13-14,16H,2-9,12,15H2,1H3. The van der Waals surface area contributed by atoms with Gasteiger partial charge in [0.15, 0.2) is 0 Å². The zero-order valence-electron chi connectivity index (χ0n) is 12.7. The normalized spacial score (nSPS) is 12.6. The number of alkyl halides is 1. The Morgan fingerprint density at radius 1 is 0.900 bits per heavy atom. The van der Waals surface area contributed by atoms with E-state index in [2.05, 4.69) is 63.0 Å². The molecule has 0 aliphatic rings. The van der Waals surface area contributed by atoms with Crippen molar-refractivity contribution in [3.05, 3.63) is 34.3 Å². The predicted octanol–water partition coefficient (Wildman–Crippen LogP) is 7.46. The quantitative estimate of drug-likeness (QED) is 0.265. The summed E-state index contributed by atoms with van der Waals surface area (Å²) < 4.78 is 1.25. The van der Waals surface area contributed by atoms with Crippen LogP contribution in [0.4, 0.5) is 0 Å². The Balaban J connectivity index is 2.18. The molecule has 0 aliphatic carbocycles. The number of unbranched alkanes of at least 4 members (excludes halogenated alkanes) is 7. The number of halogens is 2. The Morgan fingerprint density at radius 3 is 2.10 bits per heavy atom. The molecule has 1 atom stereocenters. The van der Waals surface area contributed by atoms with Gasteiger partial charge in [0.25, 0.3) is 0 Å². The van der Waals surface area contributed by atoms with Crippen LogP contribution in [0.25, 0.3) is 0 Å². The van der Waals surface area contributed by atoms with Gasteiger partial charge >= 0.3 is 0 Å². The van der Waals surface area contributed by atoms with E-state index in [0.717, 1.165) is 5.33 Å². The van der Waals surface area contributed by atoms with E-state index in [4.69, 9.17) is 0 Å². The first-order valence-corrected chi connectivity index (χ1v) is 10.0. The van der Waals surface area contributed by atoms with Crippen LogP contribution in [-0.2, 0) is 0 Å². The largest absolute Gasteiger partial charge is 0.0921 e. The summed E-state index contributed by atoms with van der Waals surface area (Å²) in [4.78, 5) is 0. The van der Waals surface area contributed by atoms with Crippen LogP contribution in [0.3, 0.4) is 0 Å². The maximum atomic E-state index is 3.68. The van der Waals surface area contributed by atoms with Gasteiger partial charge in [-0.2, -0.15) is 0 Å². The molecule has 1 aromatic carbocycles. The van der Waals surface area contributed by atoms with Crippen molar-refractivity contribution in [2.24, 2.45) is 0 Å². The first-order chi connectivity index (χ1) is 9.79. The monoisotopic (exact) mass is 402 g/mol. The van der Waals surface area contributed by atoms with Gasteiger partial charge in [-0.15, -0.1) is 0 Å². The smallest absolute Gasteiger partial charge is 0.0210 e. The zero-order valence-corrected chi connectivity index (χ0v) is 15.9. The minimum Gasteiger partial charge on any atom is -0.0921 e. The summed E-state index contributed by atoms with van der Waals surface area (Å²) in [6.07, 6.45) is 12.5. The summed E-state index contributed by atoms with van der Waals surface area (Å²) in [5.41, 5.74) is 1.45. The molecule has 0 heterocycles. The van der Waals surface area contributed by atoms with Gasteiger partial charge in [0, 0.05) is 9.80 Å². The maximum absolute atomic E-state index is 3.68. The molecule has 0 saturated heterocycles. The Morgan fingerprint density at radius 2 is 1.50 bits per heavy atom. The summed E-state index contributed by atoms with van der Waals surface area (Å²) in [6.45, 7) is 2.28. The van der Waals surface area contributed by atoms with Crippen LogP contribution in [0, 0.1) is 0 Å². The van der Waals surface area contributed by atoms with Crippen LogP contribution in [-0.4, -0.2) is 5.33 Å². The number of hydrogen-bond acceptors (Lipinski definition) is 0. The third-order valence-electron chi connectivity index (χ3n) is 3.94. The third kappa shape index (κ3) is 7.26. The molecule has 0 fully saturated rings. The first kappa shape index (κ1) is 18.2. The fourth-order valence-electron chi connectivity index (χ4n) is 2.65. The Labute approximate surface area is 142 Å². The van der Waals surface area contributed by atoms with Crippen LogP contribution in [0.1, 0.15) is 76.2 Å². The second kappa shape index (κ2) is 11.8. The van der Waals surface area contributed by atoms with E-state index in [1.807, 2.05) is 0 Å². The van der Waals surface area contributed by atoms with E-state index in [1.165, 1.54) is 67.8 Å². The summed E-state index contributed by atoms with van der Waals surface area (Å²) >= 11 is 7.35. The molecule has 0 radical (unpaired) electrons. The highest BCUT2D eigenvalue weighted by atomic mass is 79.9. The second-order valence-corrected chi connectivity index (χ2v) is 7.14. The van der Waals surface area contributed by atoms with Crippen LogP contribution in [0.5, 0.6) is 0 Å². The molecule has 1 unspecified atom stereocenters. The molecule has 114 valence electrons. The molecule has 0 amide bonds. The molecule has 0 N–H and O–H groups in total. The van der Waals surface area contributed by atoms with Gasteiger partial charge in [0.1, 0.15) is 0 Å². The molecule has 1 rings (SSSR count). The molecule has 0 spiro atoms. The van der Waals surface area contributed by atoms with Gasteiger partial charge in [-0.25, -0.2) is 0 Å². The van der Waals surface area contributed by atoms with E-state index < -0.39 is 0 Å². The van der Waals surface area contributed by atoms with E-state index in [-0.39, 0.29) is 0 Å². The predicted molar refractivity (Wildman–Crippen MR) is 97.9 cm³/mol. The van der Waals surface area contributed by atoms with Crippen molar-refractivity contribution >= 4 is 31.9 Å². The summed E-state index contributed by atoms with van der Waals surface area (Å²) in [5.74, 6) is 0.644. The van der Waals surface area contributed by atoms with Crippen molar-refractivity contribution in [1.82, 2.24) is 0 Å². The van der Waals surface area contributed by atoms with Gasteiger partial charge in [-0.3, -0.25) is 0 Å². The molecular formula is C18H28Br2. The minimum atomic E-state index is 0.644. The van der Waals surface area contributed by atoms with Crippen LogP contribution < -0.4 is 0 Å². The molecule has 0 saturated carbocycles. The molecule has 20 heavy (non-hydrogen) atoms. The van der Waals surface area contributed by atoms with Crippen LogP contribution in [0.2, 0.25) is 0 Å². The van der Waals surface area contributed by atoms with E-state index >= 15 is 0 Å². The molecule has 0 aromatic heterocycles. The second-order valence-electron chi connectivity index (χ2n) is 5.64. The van der Waals surface area contributed by atoms with Crippen molar-refractivity contribution in [3.63, 3.8) is 0 Å². The van der Waals surface area contributed by atoms with Crippen LogP contribution in [0.15, 0.2) is 28.7 Å². The van der Waals surface area contributed by atoms with Crippen molar-refractivity contribution in [2.75, 3.05) is 5.33 Å². The highest BCUT2D eigenvalue weighted by Gasteiger charge is 2.12. The lowest BCUT2D eigenvalue weighted by atomic mass is 9.94. The van der Waals surface area contributed by atoms with E-state index in [0.29, 0.717) is 5.92 Å². The van der Waals surface area contributed by atoms with E-state index in [9.17, 15) is 0 Å². The molecule has 2 heteroatoms. The van der Waals surface area contributed by atoms with Crippen molar-refractivity contribution in [2.45, 2.75) is 70.6 Å². The fourth-order valence-corrected chi connectivity index (χ4v) is 3.93. The molecule has 0 bridgehead atoms. The zero-order chi connectivity index (χ0) is 14.6. The summed E-state index contributed by atoms with van der Waals surface area (Å²) in [6, 6.07) is 8.64. The van der Waals surface area contributed by atoms with Gasteiger partial charge in [0.05, 0.1) is 0 Å². The summed E-state index contributed by atoms with van der Waals surface area (Å²) in [7, 11) is 0. The topological polar surface area (TPSA) is 0 Å². The van der Waals surface area contributed by atoms with Crippen LogP contribution >= 0.6 is 31.9 Å². The number of benzene rings is 1. The van der Waals surface area contributed by atoms with E-state index in [1.54, 1.807) is 0 Å². The molecule has 1 aromatic rings. The molecule has 0 nitrogen and oxygen atoms in total. The van der Waals surface area contributed by atoms with Gasteiger partial charge in [0.2, 0.25) is 0 Å². The Hall–Kier alpha value is 0.180. The summed E-state index contributed by atoms with van der Waals surface area (Å²) in [5, 5.41) is 1.06. The lowest BCUT2D eigenvalue weighted by Gasteiger charge is -2.16. The van der Waals surface area contributed by atoms with Crippen molar-refractivity contribution < 1.29 is 0 Å². The first-order valence-electron chi connectivity index (χ1n) is 8.10. The Bertz CT molecular complexity index is 349. The molecule has 0 aliphatic heterocycles. The van der Waals surface area contributed by atoms with Gasteiger partial charge in [-0.1, -0.05) is 108 Å². The lowest BCUT2D eigenvalue weighted by molar-refractivity contribution is 0.546. The van der Waals surface area contributed by atoms with Crippen molar-refractivity contribution in [3.8, 4) is 0 Å².